The summed E-state index contributed by atoms with van der Waals surface area (Å²) in [5.41, 5.74) is -1.54. The number of pyridine rings is 1. The lowest BCUT2D eigenvalue weighted by Gasteiger charge is -2.06. The van der Waals surface area contributed by atoms with Crippen LogP contribution in [-0.4, -0.2) is 4.98 Å². The Bertz CT molecular complexity index is 361. The minimum absolute atomic E-state index is 0.103. The first-order valence-electron chi connectivity index (χ1n) is 3.14. The van der Waals surface area contributed by atoms with Gasteiger partial charge in [0.15, 0.2) is 0 Å². The van der Waals surface area contributed by atoms with E-state index in [1.54, 1.807) is 0 Å². The zero-order chi connectivity index (χ0) is 10.1. The van der Waals surface area contributed by atoms with Crippen molar-refractivity contribution < 1.29 is 17.6 Å². The molecule has 0 N–H and O–H groups in total. The Morgan fingerprint density at radius 3 is 2.46 bits per heavy atom. The first-order valence-corrected chi connectivity index (χ1v) is 3.14. The van der Waals surface area contributed by atoms with Crippen LogP contribution in [0.3, 0.4) is 0 Å². The molecular weight excluding hydrogens is 186 g/mol. The molecular formula is C8H3F4N. The van der Waals surface area contributed by atoms with Crippen LogP contribution in [0, 0.1) is 18.3 Å². The summed E-state index contributed by atoms with van der Waals surface area (Å²) in [6, 6.07) is 0.544. The van der Waals surface area contributed by atoms with Crippen molar-refractivity contribution in [3.8, 4) is 12.3 Å². The second kappa shape index (κ2) is 3.05. The minimum atomic E-state index is -4.76. The van der Waals surface area contributed by atoms with Crippen LogP contribution in [0.15, 0.2) is 12.3 Å². The van der Waals surface area contributed by atoms with E-state index in [-0.39, 0.29) is 5.56 Å². The van der Waals surface area contributed by atoms with E-state index in [2.05, 4.69) is 4.98 Å². The average Bonchev–Trinajstić information content (AvgIpc) is 2.03. The summed E-state index contributed by atoms with van der Waals surface area (Å²) < 4.78 is 48.6. The fourth-order valence-electron chi connectivity index (χ4n) is 0.726. The lowest BCUT2D eigenvalue weighted by Crippen LogP contribution is -2.09. The zero-order valence-corrected chi connectivity index (χ0v) is 6.19. The molecule has 68 valence electrons. The van der Waals surface area contributed by atoms with Crippen LogP contribution >= 0.6 is 0 Å². The van der Waals surface area contributed by atoms with Crippen molar-refractivity contribution in [2.45, 2.75) is 6.18 Å². The van der Waals surface area contributed by atoms with E-state index in [4.69, 9.17) is 6.42 Å². The van der Waals surface area contributed by atoms with E-state index >= 15 is 0 Å². The molecule has 0 unspecified atom stereocenters. The molecule has 0 aromatic carbocycles. The van der Waals surface area contributed by atoms with Gasteiger partial charge in [0.25, 0.3) is 0 Å². The standard InChI is InChI=1S/C8H3F4N/c1-2-5-3-6(8(10,11)12)7(9)13-4-5/h1,3-4H. The number of terminal acetylenes is 1. The van der Waals surface area contributed by atoms with Gasteiger partial charge in [-0.2, -0.15) is 17.6 Å². The number of rotatable bonds is 0. The maximum Gasteiger partial charge on any atom is 0.420 e. The van der Waals surface area contributed by atoms with Gasteiger partial charge in [-0.05, 0) is 6.07 Å². The molecule has 0 aliphatic heterocycles. The van der Waals surface area contributed by atoms with Gasteiger partial charge in [0, 0.05) is 11.8 Å². The highest BCUT2D eigenvalue weighted by atomic mass is 19.4. The molecule has 1 aromatic rings. The molecule has 0 saturated heterocycles. The van der Waals surface area contributed by atoms with Crippen LogP contribution in [-0.2, 0) is 6.18 Å². The SMILES string of the molecule is C#Cc1cnc(F)c(C(F)(F)F)c1. The van der Waals surface area contributed by atoms with Crippen LogP contribution in [0.25, 0.3) is 0 Å². The van der Waals surface area contributed by atoms with Crippen LogP contribution in [0.5, 0.6) is 0 Å². The second-order valence-electron chi connectivity index (χ2n) is 2.20. The van der Waals surface area contributed by atoms with Crippen LogP contribution in [0.4, 0.5) is 17.6 Å². The van der Waals surface area contributed by atoms with Gasteiger partial charge < -0.3 is 0 Å². The molecule has 13 heavy (non-hydrogen) atoms. The summed E-state index contributed by atoms with van der Waals surface area (Å²) in [4.78, 5) is 2.89. The van der Waals surface area contributed by atoms with E-state index in [0.717, 1.165) is 6.20 Å². The second-order valence-corrected chi connectivity index (χ2v) is 2.20. The van der Waals surface area contributed by atoms with Gasteiger partial charge in [-0.25, -0.2) is 4.98 Å². The van der Waals surface area contributed by atoms with Gasteiger partial charge >= 0.3 is 6.18 Å². The summed E-state index contributed by atoms with van der Waals surface area (Å²) in [7, 11) is 0. The molecule has 5 heteroatoms. The van der Waals surface area contributed by atoms with E-state index in [9.17, 15) is 17.6 Å². The molecule has 0 atom stereocenters. The molecule has 1 heterocycles. The molecule has 0 amide bonds. The van der Waals surface area contributed by atoms with Gasteiger partial charge in [-0.15, -0.1) is 6.42 Å². The van der Waals surface area contributed by atoms with Crippen LogP contribution < -0.4 is 0 Å². The zero-order valence-electron chi connectivity index (χ0n) is 6.19. The number of hydrogen-bond donors (Lipinski definition) is 0. The smallest absolute Gasteiger partial charge is 0.226 e. The van der Waals surface area contributed by atoms with Gasteiger partial charge in [0.1, 0.15) is 5.56 Å². The highest BCUT2D eigenvalue weighted by Crippen LogP contribution is 2.30. The summed E-state index contributed by atoms with van der Waals surface area (Å²) in [5.74, 6) is 0.374. The Labute approximate surface area is 71.4 Å². The maximum absolute atomic E-state index is 12.5. The molecule has 0 aliphatic rings. The number of nitrogens with zero attached hydrogens (tertiary/aromatic N) is 1. The van der Waals surface area contributed by atoms with Crippen molar-refractivity contribution >= 4 is 0 Å². The Hall–Kier alpha value is -1.57. The lowest BCUT2D eigenvalue weighted by atomic mass is 10.2. The highest BCUT2D eigenvalue weighted by Gasteiger charge is 2.34. The normalized spacial score (nSPS) is 11.0. The Morgan fingerprint density at radius 2 is 2.00 bits per heavy atom. The Balaban J connectivity index is 3.29. The quantitative estimate of drug-likeness (QED) is 0.346. The van der Waals surface area contributed by atoms with Gasteiger partial charge in [-0.3, -0.25) is 0 Å². The average molecular weight is 189 g/mol. The number of alkyl halides is 3. The fourth-order valence-corrected chi connectivity index (χ4v) is 0.726. The summed E-state index contributed by atoms with van der Waals surface area (Å²) in [6.45, 7) is 0. The van der Waals surface area contributed by atoms with Crippen molar-refractivity contribution in [1.29, 1.82) is 0 Å². The third-order valence-corrected chi connectivity index (χ3v) is 1.31. The molecule has 0 bridgehead atoms. The van der Waals surface area contributed by atoms with Crippen molar-refractivity contribution in [2.75, 3.05) is 0 Å². The van der Waals surface area contributed by atoms with Crippen LogP contribution in [0.1, 0.15) is 11.1 Å². The molecule has 0 fully saturated rings. The lowest BCUT2D eigenvalue weighted by molar-refractivity contribution is -0.140. The van der Waals surface area contributed by atoms with Crippen molar-refractivity contribution in [2.24, 2.45) is 0 Å². The van der Waals surface area contributed by atoms with Crippen LogP contribution in [0.2, 0.25) is 0 Å². The number of halogens is 4. The van der Waals surface area contributed by atoms with E-state index < -0.39 is 17.7 Å². The monoisotopic (exact) mass is 189 g/mol. The third-order valence-electron chi connectivity index (χ3n) is 1.31. The summed E-state index contributed by atoms with van der Waals surface area (Å²) in [6.07, 6.45) is 0.938. The highest BCUT2D eigenvalue weighted by molar-refractivity contribution is 5.33. The van der Waals surface area contributed by atoms with E-state index in [1.165, 1.54) is 0 Å². The Morgan fingerprint density at radius 1 is 1.38 bits per heavy atom. The maximum atomic E-state index is 12.5. The first kappa shape index (κ1) is 9.52. The molecule has 1 nitrogen and oxygen atoms in total. The first-order chi connectivity index (χ1) is 5.95. The predicted molar refractivity (Wildman–Crippen MR) is 37.1 cm³/mol. The summed E-state index contributed by atoms with van der Waals surface area (Å²) in [5, 5.41) is 0. The predicted octanol–water partition coefficient (Wildman–Crippen LogP) is 2.22. The van der Waals surface area contributed by atoms with Crippen molar-refractivity contribution in [3.05, 3.63) is 29.3 Å². The third kappa shape index (κ3) is 1.96. The van der Waals surface area contributed by atoms with Gasteiger partial charge in [0.2, 0.25) is 5.95 Å². The van der Waals surface area contributed by atoms with Gasteiger partial charge in [0.05, 0.1) is 0 Å². The van der Waals surface area contributed by atoms with Gasteiger partial charge in [-0.1, -0.05) is 5.92 Å². The topological polar surface area (TPSA) is 12.9 Å². The van der Waals surface area contributed by atoms with E-state index in [0.29, 0.717) is 6.07 Å². The number of aromatic nitrogens is 1. The molecule has 0 spiro atoms. The van der Waals surface area contributed by atoms with Crippen molar-refractivity contribution in [3.63, 3.8) is 0 Å². The fraction of sp³-hybridized carbons (Fsp3) is 0.125. The van der Waals surface area contributed by atoms with Crippen molar-refractivity contribution in [1.82, 2.24) is 4.98 Å². The molecule has 0 radical (unpaired) electrons. The molecule has 0 aliphatic carbocycles. The summed E-state index contributed by atoms with van der Waals surface area (Å²) >= 11 is 0. The van der Waals surface area contributed by atoms with E-state index in [1.807, 2.05) is 5.92 Å². The minimum Gasteiger partial charge on any atom is -0.226 e. The molecule has 1 rings (SSSR count). The molecule has 1 aromatic heterocycles. The largest absolute Gasteiger partial charge is 0.420 e. The molecule has 0 saturated carbocycles. The number of hydrogen-bond acceptors (Lipinski definition) is 1. The Kier molecular flexibility index (Phi) is 2.24.